The van der Waals surface area contributed by atoms with Crippen molar-refractivity contribution in [2.45, 2.75) is 24.3 Å². The number of fused-ring (bicyclic) bond motifs is 3. The van der Waals surface area contributed by atoms with Gasteiger partial charge in [-0.1, -0.05) is 60.1 Å². The fourth-order valence-corrected chi connectivity index (χ4v) is 4.36. The van der Waals surface area contributed by atoms with Gasteiger partial charge in [0.15, 0.2) is 0 Å². The molecular formula is C25H21ClF3NO4. The average molecular weight is 492 g/mol. The van der Waals surface area contributed by atoms with Gasteiger partial charge in [-0.05, 0) is 46.0 Å². The standard InChI is InChI=1S/C25H21ClF3NO4/c26-16-10-14(9-15(11-16)25(27,28)29)23(32)22(31)12-30-24(33)34-13-21-19-7-3-1-5-17(19)18-6-2-4-8-20(18)21/h1-11,21-23,31-32H,12-13H2,(H,30,33). The van der Waals surface area contributed by atoms with Gasteiger partial charge in [-0.25, -0.2) is 4.79 Å². The summed E-state index contributed by atoms with van der Waals surface area (Å²) in [5.74, 6) is -0.152. The van der Waals surface area contributed by atoms with Crippen molar-refractivity contribution in [1.82, 2.24) is 5.32 Å². The number of benzene rings is 3. The summed E-state index contributed by atoms with van der Waals surface area (Å²) in [6, 6.07) is 18.2. The summed E-state index contributed by atoms with van der Waals surface area (Å²) in [6.45, 7) is -0.381. The van der Waals surface area contributed by atoms with Crippen molar-refractivity contribution in [2.24, 2.45) is 0 Å². The van der Waals surface area contributed by atoms with Gasteiger partial charge in [-0.15, -0.1) is 0 Å². The molecule has 1 aliphatic carbocycles. The van der Waals surface area contributed by atoms with Crippen LogP contribution in [-0.2, 0) is 10.9 Å². The Morgan fingerprint density at radius 2 is 1.59 bits per heavy atom. The number of rotatable bonds is 6. The van der Waals surface area contributed by atoms with Crippen molar-refractivity contribution in [3.8, 4) is 11.1 Å². The van der Waals surface area contributed by atoms with Gasteiger partial charge in [0.2, 0.25) is 0 Å². The first-order chi connectivity index (χ1) is 16.1. The number of alkyl carbamates (subject to hydrolysis) is 1. The van der Waals surface area contributed by atoms with Crippen LogP contribution in [0.25, 0.3) is 11.1 Å². The maximum Gasteiger partial charge on any atom is 0.416 e. The number of carbonyl (C=O) groups is 1. The van der Waals surface area contributed by atoms with E-state index in [9.17, 15) is 28.2 Å². The minimum atomic E-state index is -4.66. The van der Waals surface area contributed by atoms with Gasteiger partial charge >= 0.3 is 12.3 Å². The van der Waals surface area contributed by atoms with E-state index in [2.05, 4.69) is 5.32 Å². The molecule has 4 rings (SSSR count). The SMILES string of the molecule is O=C(NCC(O)C(O)c1cc(Cl)cc(C(F)(F)F)c1)OCC1c2ccccc2-c2ccccc21. The van der Waals surface area contributed by atoms with Gasteiger partial charge in [-0.2, -0.15) is 13.2 Å². The Morgan fingerprint density at radius 1 is 1.00 bits per heavy atom. The van der Waals surface area contributed by atoms with Crippen molar-refractivity contribution in [2.75, 3.05) is 13.2 Å². The zero-order chi connectivity index (χ0) is 24.5. The van der Waals surface area contributed by atoms with Crippen molar-refractivity contribution >= 4 is 17.7 Å². The molecule has 3 aromatic rings. The minimum absolute atomic E-state index is 0.0573. The number of carbonyl (C=O) groups excluding carboxylic acids is 1. The Labute approximate surface area is 198 Å². The lowest BCUT2D eigenvalue weighted by molar-refractivity contribution is -0.137. The Kier molecular flexibility index (Phi) is 6.84. The van der Waals surface area contributed by atoms with E-state index in [1.807, 2.05) is 48.5 Å². The van der Waals surface area contributed by atoms with Gasteiger partial charge in [0.25, 0.3) is 0 Å². The van der Waals surface area contributed by atoms with Gasteiger partial charge in [-0.3, -0.25) is 0 Å². The van der Waals surface area contributed by atoms with E-state index in [0.717, 1.165) is 34.4 Å². The number of ether oxygens (including phenoxy) is 1. The molecule has 0 aromatic heterocycles. The van der Waals surface area contributed by atoms with Crippen LogP contribution in [0.4, 0.5) is 18.0 Å². The summed E-state index contributed by atoms with van der Waals surface area (Å²) in [4.78, 5) is 12.2. The Morgan fingerprint density at radius 3 is 2.18 bits per heavy atom. The maximum absolute atomic E-state index is 13.0. The number of hydrogen-bond donors (Lipinski definition) is 3. The molecule has 0 heterocycles. The third-order valence-electron chi connectivity index (χ3n) is 5.75. The van der Waals surface area contributed by atoms with Crippen molar-refractivity contribution in [3.05, 3.63) is 94.0 Å². The third kappa shape index (κ3) is 5.04. The van der Waals surface area contributed by atoms with Crippen LogP contribution < -0.4 is 5.32 Å². The Hall–Kier alpha value is -3.07. The lowest BCUT2D eigenvalue weighted by Crippen LogP contribution is -2.36. The minimum Gasteiger partial charge on any atom is -0.449 e. The molecule has 0 aliphatic heterocycles. The highest BCUT2D eigenvalue weighted by Crippen LogP contribution is 2.44. The molecule has 0 bridgehead atoms. The molecule has 0 radical (unpaired) electrons. The van der Waals surface area contributed by atoms with Gasteiger partial charge < -0.3 is 20.3 Å². The molecule has 0 fully saturated rings. The molecule has 0 saturated heterocycles. The monoisotopic (exact) mass is 491 g/mol. The normalized spacial score (nSPS) is 14.8. The molecule has 0 saturated carbocycles. The van der Waals surface area contributed by atoms with Crippen molar-refractivity contribution in [1.29, 1.82) is 0 Å². The van der Waals surface area contributed by atoms with E-state index in [1.54, 1.807) is 0 Å². The van der Waals surface area contributed by atoms with E-state index >= 15 is 0 Å². The molecule has 0 spiro atoms. The van der Waals surface area contributed by atoms with Crippen LogP contribution in [0.3, 0.4) is 0 Å². The molecule has 178 valence electrons. The summed E-state index contributed by atoms with van der Waals surface area (Å²) in [5.41, 5.74) is 2.95. The molecule has 9 heteroatoms. The number of hydrogen-bond acceptors (Lipinski definition) is 4. The van der Waals surface area contributed by atoms with Crippen LogP contribution in [-0.4, -0.2) is 35.6 Å². The predicted octanol–water partition coefficient (Wildman–Crippen LogP) is 5.29. The van der Waals surface area contributed by atoms with E-state index in [4.69, 9.17) is 16.3 Å². The quantitative estimate of drug-likeness (QED) is 0.438. The summed E-state index contributed by atoms with van der Waals surface area (Å²) in [6.07, 6.45) is -8.77. The second-order valence-corrected chi connectivity index (χ2v) is 8.43. The first-order valence-electron chi connectivity index (χ1n) is 10.5. The van der Waals surface area contributed by atoms with Crippen LogP contribution in [0.1, 0.15) is 34.3 Å². The lowest BCUT2D eigenvalue weighted by Gasteiger charge is -2.20. The van der Waals surface area contributed by atoms with Crippen LogP contribution in [0.15, 0.2) is 66.7 Å². The van der Waals surface area contributed by atoms with Crippen LogP contribution >= 0.6 is 11.6 Å². The van der Waals surface area contributed by atoms with Gasteiger partial charge in [0, 0.05) is 17.5 Å². The first kappa shape index (κ1) is 24.1. The zero-order valence-corrected chi connectivity index (χ0v) is 18.5. The fraction of sp³-hybridized carbons (Fsp3) is 0.240. The number of alkyl halides is 3. The van der Waals surface area contributed by atoms with Crippen LogP contribution in [0.5, 0.6) is 0 Å². The first-order valence-corrected chi connectivity index (χ1v) is 10.9. The van der Waals surface area contributed by atoms with Crippen LogP contribution in [0.2, 0.25) is 5.02 Å². The second kappa shape index (κ2) is 9.66. The number of aliphatic hydroxyl groups excluding tert-OH is 2. The van der Waals surface area contributed by atoms with Crippen molar-refractivity contribution < 1.29 is 32.9 Å². The number of aliphatic hydroxyl groups is 2. The Bertz CT molecular complexity index is 1160. The van der Waals surface area contributed by atoms with E-state index < -0.39 is 36.6 Å². The Balaban J connectivity index is 1.36. The number of amides is 1. The third-order valence-corrected chi connectivity index (χ3v) is 5.97. The van der Waals surface area contributed by atoms with Gasteiger partial charge in [0.05, 0.1) is 5.56 Å². The van der Waals surface area contributed by atoms with E-state index in [0.29, 0.717) is 6.07 Å². The molecule has 1 amide bonds. The van der Waals surface area contributed by atoms with Crippen LogP contribution in [0, 0.1) is 0 Å². The maximum atomic E-state index is 13.0. The fourth-order valence-electron chi connectivity index (χ4n) is 4.12. The lowest BCUT2D eigenvalue weighted by atomic mass is 9.98. The second-order valence-electron chi connectivity index (χ2n) is 7.99. The molecule has 2 atom stereocenters. The van der Waals surface area contributed by atoms with E-state index in [1.165, 1.54) is 0 Å². The predicted molar refractivity (Wildman–Crippen MR) is 120 cm³/mol. The highest BCUT2D eigenvalue weighted by atomic mass is 35.5. The molecule has 2 unspecified atom stereocenters. The summed E-state index contributed by atoms with van der Waals surface area (Å²) < 4.78 is 44.3. The zero-order valence-electron chi connectivity index (χ0n) is 17.7. The van der Waals surface area contributed by atoms with Crippen molar-refractivity contribution in [3.63, 3.8) is 0 Å². The largest absolute Gasteiger partial charge is 0.449 e. The molecule has 3 aromatic carbocycles. The summed E-state index contributed by atoms with van der Waals surface area (Å²) >= 11 is 5.73. The van der Waals surface area contributed by atoms with Gasteiger partial charge in [0.1, 0.15) is 18.8 Å². The number of nitrogens with one attached hydrogen (secondary N) is 1. The molecule has 5 nitrogen and oxygen atoms in total. The average Bonchev–Trinajstić information content (AvgIpc) is 3.13. The highest BCUT2D eigenvalue weighted by Gasteiger charge is 2.33. The molecular weight excluding hydrogens is 471 g/mol. The highest BCUT2D eigenvalue weighted by molar-refractivity contribution is 6.30. The topological polar surface area (TPSA) is 78.8 Å². The van der Waals surface area contributed by atoms with E-state index in [-0.39, 0.29) is 23.1 Å². The summed E-state index contributed by atoms with van der Waals surface area (Å²) in [5, 5.41) is 22.6. The molecule has 1 aliphatic rings. The molecule has 3 N–H and O–H groups in total. The number of halogens is 4. The smallest absolute Gasteiger partial charge is 0.416 e. The molecule has 34 heavy (non-hydrogen) atoms. The summed E-state index contributed by atoms with van der Waals surface area (Å²) in [7, 11) is 0.